The maximum atomic E-state index is 12.8. The Labute approximate surface area is 231 Å². The van der Waals surface area contributed by atoms with Crippen molar-refractivity contribution in [1.82, 2.24) is 4.90 Å². The normalized spacial score (nSPS) is 13.7. The maximum absolute atomic E-state index is 12.8. The number of rotatable bonds is 9. The second kappa shape index (κ2) is 12.2. The molecule has 1 aliphatic rings. The van der Waals surface area contributed by atoms with Crippen molar-refractivity contribution < 1.29 is 29.3 Å². The van der Waals surface area contributed by atoms with Crippen molar-refractivity contribution >= 4 is 40.7 Å². The largest absolute Gasteiger partial charge is 0.480 e. The van der Waals surface area contributed by atoms with Gasteiger partial charge in [0.05, 0.1) is 0 Å². The van der Waals surface area contributed by atoms with Gasteiger partial charge in [-0.25, -0.2) is 14.4 Å². The standard InChI is InChI=1S/C29H33N3O6S/c1-17-6-4-7-18(2)24(17)31-29(37)32-12-10-20(11-13-32)15-30-22-9-5-8-21(14-22)26-19(3)25(38-16-23(33)34)27(39-26)28(35)36/h4-9,14,20,30H,10-13,15-16H2,1-3H3,(H,31,37)(H,33,34)(H,35,36). The van der Waals surface area contributed by atoms with E-state index in [1.165, 1.54) is 0 Å². The summed E-state index contributed by atoms with van der Waals surface area (Å²) in [5.41, 5.74) is 5.30. The number of ether oxygens (including phenoxy) is 1. The van der Waals surface area contributed by atoms with Gasteiger partial charge in [0.1, 0.15) is 5.75 Å². The average molecular weight is 552 g/mol. The van der Waals surface area contributed by atoms with Crippen LogP contribution in [0.15, 0.2) is 42.5 Å². The molecule has 0 atom stereocenters. The molecule has 1 saturated heterocycles. The molecule has 1 aliphatic heterocycles. The highest BCUT2D eigenvalue weighted by Crippen LogP contribution is 2.42. The summed E-state index contributed by atoms with van der Waals surface area (Å²) in [5.74, 6) is -1.82. The first-order valence-electron chi connectivity index (χ1n) is 12.8. The molecule has 4 rings (SSSR count). The average Bonchev–Trinajstić information content (AvgIpc) is 3.25. The number of carbonyl (C=O) groups is 3. The number of urea groups is 1. The minimum absolute atomic E-state index is 0.0181. The zero-order valence-corrected chi connectivity index (χ0v) is 23.1. The van der Waals surface area contributed by atoms with Gasteiger partial charge in [0.15, 0.2) is 11.5 Å². The molecule has 0 aliphatic carbocycles. The van der Waals surface area contributed by atoms with E-state index in [0.29, 0.717) is 24.6 Å². The number of aliphatic carboxylic acids is 1. The summed E-state index contributed by atoms with van der Waals surface area (Å²) in [5, 5.41) is 25.1. The monoisotopic (exact) mass is 551 g/mol. The third-order valence-corrected chi connectivity index (χ3v) is 8.27. The quantitative estimate of drug-likeness (QED) is 0.262. The molecule has 2 aromatic carbocycles. The number of likely N-dealkylation sites (tertiary alicyclic amines) is 1. The van der Waals surface area contributed by atoms with Gasteiger partial charge < -0.3 is 30.5 Å². The minimum atomic E-state index is -1.17. The first kappa shape index (κ1) is 28.0. The predicted octanol–water partition coefficient (Wildman–Crippen LogP) is 5.86. The van der Waals surface area contributed by atoms with Crippen LogP contribution in [0.25, 0.3) is 10.4 Å². The molecule has 39 heavy (non-hydrogen) atoms. The van der Waals surface area contributed by atoms with E-state index in [1.54, 1.807) is 6.92 Å². The lowest BCUT2D eigenvalue weighted by molar-refractivity contribution is -0.139. The molecule has 9 nitrogen and oxygen atoms in total. The summed E-state index contributed by atoms with van der Waals surface area (Å²) in [7, 11) is 0. The highest BCUT2D eigenvalue weighted by molar-refractivity contribution is 7.18. The summed E-state index contributed by atoms with van der Waals surface area (Å²) < 4.78 is 5.30. The van der Waals surface area contributed by atoms with Crippen LogP contribution in [0.3, 0.4) is 0 Å². The van der Waals surface area contributed by atoms with Crippen molar-refractivity contribution in [2.45, 2.75) is 33.6 Å². The number of amides is 2. The highest BCUT2D eigenvalue weighted by Gasteiger charge is 2.25. The van der Waals surface area contributed by atoms with Gasteiger partial charge in [-0.05, 0) is 68.4 Å². The summed E-state index contributed by atoms with van der Waals surface area (Å²) in [6.07, 6.45) is 1.78. The number of benzene rings is 2. The van der Waals surface area contributed by atoms with Crippen LogP contribution in [0.1, 0.15) is 39.2 Å². The number of aryl methyl sites for hydroxylation is 2. The van der Waals surface area contributed by atoms with E-state index in [0.717, 1.165) is 63.7 Å². The maximum Gasteiger partial charge on any atom is 0.349 e. The van der Waals surface area contributed by atoms with Gasteiger partial charge in [-0.1, -0.05) is 30.3 Å². The molecular weight excluding hydrogens is 518 g/mol. The van der Waals surface area contributed by atoms with Crippen LogP contribution in [0, 0.1) is 26.7 Å². The van der Waals surface area contributed by atoms with E-state index >= 15 is 0 Å². The molecule has 2 amide bonds. The molecule has 0 spiro atoms. The summed E-state index contributed by atoms with van der Waals surface area (Å²) in [4.78, 5) is 38.1. The Morgan fingerprint density at radius 3 is 2.33 bits per heavy atom. The Morgan fingerprint density at radius 2 is 1.69 bits per heavy atom. The second-order valence-electron chi connectivity index (χ2n) is 9.79. The molecular formula is C29H33N3O6S. The molecule has 0 radical (unpaired) electrons. The Morgan fingerprint density at radius 1 is 1.03 bits per heavy atom. The van der Waals surface area contributed by atoms with Crippen molar-refractivity contribution in [2.75, 3.05) is 36.9 Å². The van der Waals surface area contributed by atoms with Gasteiger partial charge in [-0.15, -0.1) is 11.3 Å². The van der Waals surface area contributed by atoms with E-state index in [2.05, 4.69) is 10.6 Å². The number of carboxylic acid groups (broad SMARTS) is 2. The predicted molar refractivity (Wildman–Crippen MR) is 152 cm³/mol. The number of hydrogen-bond donors (Lipinski definition) is 4. The fourth-order valence-corrected chi connectivity index (χ4v) is 5.88. The molecule has 1 fully saturated rings. The Balaban J connectivity index is 1.35. The summed E-state index contributed by atoms with van der Waals surface area (Å²) in [6.45, 7) is 7.25. The molecule has 4 N–H and O–H groups in total. The molecule has 10 heteroatoms. The Hall–Kier alpha value is -4.05. The lowest BCUT2D eigenvalue weighted by atomic mass is 9.97. The van der Waals surface area contributed by atoms with E-state index < -0.39 is 18.5 Å². The number of nitrogens with zero attached hydrogens (tertiary/aromatic N) is 1. The van der Waals surface area contributed by atoms with Crippen LogP contribution >= 0.6 is 11.3 Å². The van der Waals surface area contributed by atoms with E-state index in [4.69, 9.17) is 9.84 Å². The summed E-state index contributed by atoms with van der Waals surface area (Å²) >= 11 is 1.07. The van der Waals surface area contributed by atoms with Gasteiger partial charge in [0.25, 0.3) is 0 Å². The van der Waals surface area contributed by atoms with Gasteiger partial charge in [0, 0.05) is 41.4 Å². The molecule has 0 bridgehead atoms. The second-order valence-corrected chi connectivity index (χ2v) is 10.8. The van der Waals surface area contributed by atoms with E-state index in [1.807, 2.05) is 61.2 Å². The van der Waals surface area contributed by atoms with Gasteiger partial charge >= 0.3 is 18.0 Å². The molecule has 1 aromatic heterocycles. The van der Waals surface area contributed by atoms with Crippen molar-refractivity contribution in [2.24, 2.45) is 5.92 Å². The summed E-state index contributed by atoms with van der Waals surface area (Å²) in [6, 6.07) is 13.6. The molecule has 0 unspecified atom stereocenters. The van der Waals surface area contributed by atoms with Crippen molar-refractivity contribution in [3.63, 3.8) is 0 Å². The molecule has 0 saturated carbocycles. The molecule has 3 aromatic rings. The number of hydrogen-bond acceptors (Lipinski definition) is 6. The van der Waals surface area contributed by atoms with Crippen LogP contribution in [0.2, 0.25) is 0 Å². The fourth-order valence-electron chi connectivity index (χ4n) is 4.79. The fraction of sp³-hybridized carbons (Fsp3) is 0.345. The lowest BCUT2D eigenvalue weighted by Crippen LogP contribution is -2.42. The van der Waals surface area contributed by atoms with E-state index in [9.17, 15) is 19.5 Å². The zero-order valence-electron chi connectivity index (χ0n) is 22.2. The third-order valence-electron chi connectivity index (χ3n) is 6.96. The first-order valence-corrected chi connectivity index (χ1v) is 13.6. The highest BCUT2D eigenvalue weighted by atomic mass is 32.1. The van der Waals surface area contributed by atoms with Crippen molar-refractivity contribution in [3.05, 3.63) is 64.0 Å². The minimum Gasteiger partial charge on any atom is -0.480 e. The first-order chi connectivity index (χ1) is 18.6. The van der Waals surface area contributed by atoms with Crippen LogP contribution in [-0.2, 0) is 4.79 Å². The molecule has 206 valence electrons. The van der Waals surface area contributed by atoms with Crippen molar-refractivity contribution in [3.8, 4) is 16.2 Å². The number of nitrogens with one attached hydrogen (secondary N) is 2. The third kappa shape index (κ3) is 6.69. The van der Waals surface area contributed by atoms with Gasteiger partial charge in [-0.3, -0.25) is 0 Å². The number of para-hydroxylation sites is 1. The number of carboxylic acids is 2. The topological polar surface area (TPSA) is 128 Å². The van der Waals surface area contributed by atoms with Crippen LogP contribution in [0.5, 0.6) is 5.75 Å². The lowest BCUT2D eigenvalue weighted by Gasteiger charge is -2.32. The SMILES string of the molecule is Cc1cccc(C)c1NC(=O)N1CCC(CNc2cccc(-c3sc(C(=O)O)c(OCC(=O)O)c3C)c2)CC1. The van der Waals surface area contributed by atoms with Crippen LogP contribution < -0.4 is 15.4 Å². The van der Waals surface area contributed by atoms with Crippen LogP contribution in [-0.4, -0.2) is 59.3 Å². The smallest absolute Gasteiger partial charge is 0.349 e. The Kier molecular flexibility index (Phi) is 8.75. The van der Waals surface area contributed by atoms with Crippen LogP contribution in [0.4, 0.5) is 16.2 Å². The molecule has 2 heterocycles. The number of aromatic carboxylic acids is 1. The van der Waals surface area contributed by atoms with Gasteiger partial charge in [-0.2, -0.15) is 0 Å². The van der Waals surface area contributed by atoms with Gasteiger partial charge in [0.2, 0.25) is 0 Å². The number of thiophene rings is 1. The number of carbonyl (C=O) groups excluding carboxylic acids is 1. The zero-order chi connectivity index (χ0) is 28.1. The number of anilines is 2. The van der Waals surface area contributed by atoms with E-state index in [-0.39, 0.29) is 16.7 Å². The number of piperidine rings is 1. The van der Waals surface area contributed by atoms with Crippen molar-refractivity contribution in [1.29, 1.82) is 0 Å². The Bertz CT molecular complexity index is 1360.